The fourth-order valence-corrected chi connectivity index (χ4v) is 12.7. The van der Waals surface area contributed by atoms with Crippen LogP contribution in [0.4, 0.5) is 11.4 Å². The molecule has 6 rings (SSSR count). The van der Waals surface area contributed by atoms with Gasteiger partial charge in [0.2, 0.25) is 11.8 Å². The van der Waals surface area contributed by atoms with Crippen molar-refractivity contribution in [2.75, 3.05) is 43.2 Å². The SMILES string of the molecule is C=CCN1C(=O)[C@]2(O[C@H](CC(=O)N3CCC[C@H]3CO)[C@@H]([Si](C)(C)c3ccc(OC)cc3)[C@@H]2C)c2cc(N3CCCCC3=O)ccc21. The first kappa shape index (κ1) is 32.5. The number of hydrogen-bond donors (Lipinski definition) is 1. The molecule has 9 nitrogen and oxygen atoms in total. The Bertz CT molecular complexity index is 1510. The fourth-order valence-electron chi connectivity index (χ4n) is 8.70. The molecule has 3 fully saturated rings. The van der Waals surface area contributed by atoms with Crippen molar-refractivity contribution in [1.29, 1.82) is 0 Å². The first-order valence-electron chi connectivity index (χ1n) is 16.7. The second-order valence-electron chi connectivity index (χ2n) is 13.8. The summed E-state index contributed by atoms with van der Waals surface area (Å²) in [5.74, 6) is 0.403. The van der Waals surface area contributed by atoms with Crippen molar-refractivity contribution in [3.8, 4) is 5.75 Å². The van der Waals surface area contributed by atoms with Gasteiger partial charge in [0.15, 0.2) is 5.60 Å². The maximum atomic E-state index is 14.8. The number of ether oxygens (including phenoxy) is 2. The Morgan fingerprint density at radius 3 is 2.57 bits per heavy atom. The Kier molecular flexibility index (Phi) is 8.90. The molecule has 246 valence electrons. The van der Waals surface area contributed by atoms with Gasteiger partial charge in [-0.25, -0.2) is 0 Å². The zero-order valence-electron chi connectivity index (χ0n) is 27.5. The molecule has 0 bridgehead atoms. The van der Waals surface area contributed by atoms with Crippen molar-refractivity contribution in [3.05, 3.63) is 60.7 Å². The molecular weight excluding hydrogens is 598 g/mol. The van der Waals surface area contributed by atoms with E-state index in [1.165, 1.54) is 5.19 Å². The highest BCUT2D eigenvalue weighted by molar-refractivity contribution is 6.91. The third-order valence-electron chi connectivity index (χ3n) is 11.0. The first-order valence-corrected chi connectivity index (χ1v) is 19.8. The molecule has 0 saturated carbocycles. The van der Waals surface area contributed by atoms with Gasteiger partial charge in [-0.15, -0.1) is 6.58 Å². The van der Waals surface area contributed by atoms with Crippen LogP contribution in [-0.4, -0.2) is 81.3 Å². The monoisotopic (exact) mass is 645 g/mol. The number of amides is 3. The van der Waals surface area contributed by atoms with Crippen molar-refractivity contribution in [3.63, 3.8) is 0 Å². The molecule has 2 aromatic rings. The number of carbonyl (C=O) groups is 3. The molecule has 5 atom stereocenters. The molecule has 1 N–H and O–H groups in total. The summed E-state index contributed by atoms with van der Waals surface area (Å²) in [6, 6.07) is 13.8. The minimum absolute atomic E-state index is 0.0448. The molecule has 10 heteroatoms. The average Bonchev–Trinajstić information content (AvgIpc) is 3.72. The minimum Gasteiger partial charge on any atom is -0.497 e. The number of likely N-dealkylation sites (tertiary alicyclic amines) is 1. The number of nitrogens with zero attached hydrogens (tertiary/aromatic N) is 3. The number of benzene rings is 2. The van der Waals surface area contributed by atoms with Crippen molar-refractivity contribution in [2.24, 2.45) is 5.92 Å². The van der Waals surface area contributed by atoms with E-state index in [1.807, 2.05) is 35.2 Å². The lowest BCUT2D eigenvalue weighted by Gasteiger charge is -2.37. The summed E-state index contributed by atoms with van der Waals surface area (Å²) in [7, 11) is -0.787. The summed E-state index contributed by atoms with van der Waals surface area (Å²) < 4.78 is 12.6. The largest absolute Gasteiger partial charge is 0.497 e. The van der Waals surface area contributed by atoms with Gasteiger partial charge in [0, 0.05) is 43.2 Å². The predicted octanol–water partition coefficient (Wildman–Crippen LogP) is 4.33. The Hall–Kier alpha value is -3.47. The average molecular weight is 646 g/mol. The molecule has 0 aliphatic carbocycles. The van der Waals surface area contributed by atoms with E-state index in [1.54, 1.807) is 23.0 Å². The summed E-state index contributed by atoms with van der Waals surface area (Å²) in [5, 5.41) is 11.2. The van der Waals surface area contributed by atoms with Gasteiger partial charge < -0.3 is 29.3 Å². The predicted molar refractivity (Wildman–Crippen MR) is 181 cm³/mol. The highest BCUT2D eigenvalue weighted by Crippen LogP contribution is 2.60. The van der Waals surface area contributed by atoms with E-state index in [4.69, 9.17) is 9.47 Å². The fraction of sp³-hybridized carbons (Fsp3) is 0.528. The van der Waals surface area contributed by atoms with Crippen LogP contribution in [0.1, 0.15) is 51.0 Å². The Morgan fingerprint density at radius 2 is 1.89 bits per heavy atom. The van der Waals surface area contributed by atoms with Crippen LogP contribution in [0.2, 0.25) is 18.6 Å². The van der Waals surface area contributed by atoms with Gasteiger partial charge in [0.05, 0.1) is 46.0 Å². The maximum Gasteiger partial charge on any atom is 0.264 e. The molecule has 2 aromatic carbocycles. The lowest BCUT2D eigenvalue weighted by atomic mass is 9.82. The Labute approximate surface area is 273 Å². The second kappa shape index (κ2) is 12.6. The highest BCUT2D eigenvalue weighted by Gasteiger charge is 2.66. The number of aliphatic hydroxyl groups excluding tert-OH is 1. The van der Waals surface area contributed by atoms with E-state index in [9.17, 15) is 19.5 Å². The van der Waals surface area contributed by atoms with E-state index in [2.05, 4.69) is 38.7 Å². The van der Waals surface area contributed by atoms with Gasteiger partial charge >= 0.3 is 0 Å². The van der Waals surface area contributed by atoms with Crippen molar-refractivity contribution >= 4 is 42.4 Å². The van der Waals surface area contributed by atoms with Crippen LogP contribution >= 0.6 is 0 Å². The number of methoxy groups -OCH3 is 1. The van der Waals surface area contributed by atoms with E-state index in [-0.39, 0.29) is 48.3 Å². The molecule has 0 aromatic heterocycles. The Morgan fingerprint density at radius 1 is 1.13 bits per heavy atom. The number of piperidine rings is 1. The topological polar surface area (TPSA) is 99.6 Å². The molecule has 3 amide bonds. The van der Waals surface area contributed by atoms with Gasteiger partial charge in [-0.2, -0.15) is 0 Å². The summed E-state index contributed by atoms with van der Waals surface area (Å²) in [5.41, 5.74) is 0.885. The molecule has 3 saturated heterocycles. The zero-order chi connectivity index (χ0) is 32.8. The summed E-state index contributed by atoms with van der Waals surface area (Å²) in [4.78, 5) is 47.1. The van der Waals surface area contributed by atoms with E-state index >= 15 is 0 Å². The molecule has 4 aliphatic rings. The van der Waals surface area contributed by atoms with Crippen LogP contribution in [0.3, 0.4) is 0 Å². The molecule has 4 aliphatic heterocycles. The van der Waals surface area contributed by atoms with Gasteiger partial charge in [0.1, 0.15) is 5.75 Å². The minimum atomic E-state index is -2.44. The standard InChI is InChI=1S/C36H47N3O6Si/c1-6-18-39-30-17-12-25(37-19-8-7-11-32(37)41)21-29(30)36(35(39)43)24(2)34(46(4,5)28-15-13-27(44-3)14-16-28)31(45-36)22-33(42)38-20-9-10-26(38)23-40/h6,12-17,21,24,26,31,34,40H,1,7-11,18-20,22-23H2,2-5H3/t24-,26-,31+,34-,36+/m0/s1. The quantitative estimate of drug-likeness (QED) is 0.322. The molecule has 4 heterocycles. The normalized spacial score (nSPS) is 27.9. The van der Waals surface area contributed by atoms with Crippen molar-refractivity contribution < 1.29 is 29.0 Å². The van der Waals surface area contributed by atoms with E-state index in [0.717, 1.165) is 48.4 Å². The maximum absolute atomic E-state index is 14.8. The number of hydrogen-bond acceptors (Lipinski definition) is 6. The number of fused-ring (bicyclic) bond motifs is 2. The molecule has 0 radical (unpaired) electrons. The van der Waals surface area contributed by atoms with Gasteiger partial charge in [-0.1, -0.05) is 43.4 Å². The van der Waals surface area contributed by atoms with E-state index < -0.39 is 19.8 Å². The molecule has 0 unspecified atom stereocenters. The lowest BCUT2D eigenvalue weighted by Crippen LogP contribution is -2.52. The third-order valence-corrected chi connectivity index (χ3v) is 15.4. The summed E-state index contributed by atoms with van der Waals surface area (Å²) in [6.07, 6.45) is 5.30. The number of carbonyl (C=O) groups excluding carboxylic acids is 3. The lowest BCUT2D eigenvalue weighted by molar-refractivity contribution is -0.149. The number of anilines is 2. The molecule has 46 heavy (non-hydrogen) atoms. The van der Waals surface area contributed by atoms with Crippen LogP contribution in [0.15, 0.2) is 55.1 Å². The van der Waals surface area contributed by atoms with Crippen molar-refractivity contribution in [2.45, 2.75) is 81.8 Å². The Balaban J connectivity index is 1.47. The second-order valence-corrected chi connectivity index (χ2v) is 18.5. The highest BCUT2D eigenvalue weighted by atomic mass is 28.3. The van der Waals surface area contributed by atoms with Crippen LogP contribution < -0.4 is 19.7 Å². The number of aliphatic hydroxyl groups is 1. The van der Waals surface area contributed by atoms with Gasteiger partial charge in [-0.05, 0) is 61.6 Å². The van der Waals surface area contributed by atoms with E-state index in [0.29, 0.717) is 26.1 Å². The van der Waals surface area contributed by atoms with Crippen LogP contribution in [-0.2, 0) is 24.7 Å². The summed E-state index contributed by atoms with van der Waals surface area (Å²) >= 11 is 0. The summed E-state index contributed by atoms with van der Waals surface area (Å²) in [6.45, 7) is 12.2. The van der Waals surface area contributed by atoms with Crippen LogP contribution in [0.25, 0.3) is 0 Å². The molecular formula is C36H47N3O6Si. The van der Waals surface area contributed by atoms with Crippen LogP contribution in [0, 0.1) is 5.92 Å². The number of rotatable bonds is 9. The van der Waals surface area contributed by atoms with Gasteiger partial charge in [-0.3, -0.25) is 14.4 Å². The van der Waals surface area contributed by atoms with Crippen molar-refractivity contribution in [1.82, 2.24) is 4.90 Å². The van der Waals surface area contributed by atoms with Crippen LogP contribution in [0.5, 0.6) is 5.75 Å². The zero-order valence-corrected chi connectivity index (χ0v) is 28.5. The first-order chi connectivity index (χ1) is 22.1. The molecule has 1 spiro atoms. The smallest absolute Gasteiger partial charge is 0.264 e. The third kappa shape index (κ3) is 5.18. The van der Waals surface area contributed by atoms with Gasteiger partial charge in [0.25, 0.3) is 5.91 Å².